The molecule has 0 bridgehead atoms. The van der Waals surface area contributed by atoms with Crippen LogP contribution in [0.25, 0.3) is 0 Å². The second-order valence-corrected chi connectivity index (χ2v) is 3.16. The average molecular weight is 187 g/mol. The minimum absolute atomic E-state index is 0.0256. The molecule has 0 aromatic carbocycles. The Morgan fingerprint density at radius 3 is 2.23 bits per heavy atom. The predicted molar refractivity (Wildman–Crippen MR) is 49.9 cm³/mol. The van der Waals surface area contributed by atoms with Crippen LogP contribution in [0, 0.1) is 0 Å². The van der Waals surface area contributed by atoms with Gasteiger partial charge in [0, 0.05) is 13.1 Å². The lowest BCUT2D eigenvalue weighted by atomic mass is 10.1. The maximum atomic E-state index is 11.2. The molecule has 2 amide bonds. The Labute approximate surface area is 78.1 Å². The Morgan fingerprint density at radius 1 is 1.38 bits per heavy atom. The normalized spacial score (nSPS) is 12.6. The van der Waals surface area contributed by atoms with Gasteiger partial charge in [-0.1, -0.05) is 13.8 Å². The highest BCUT2D eigenvalue weighted by Crippen LogP contribution is 1.93. The van der Waals surface area contributed by atoms with Gasteiger partial charge in [-0.15, -0.1) is 0 Å². The molecule has 0 aliphatic heterocycles. The third kappa shape index (κ3) is 5.19. The molecule has 0 aliphatic carbocycles. The summed E-state index contributed by atoms with van der Waals surface area (Å²) in [6.07, 6.45) is 0.0256. The van der Waals surface area contributed by atoms with Crippen molar-refractivity contribution in [3.63, 3.8) is 0 Å². The van der Waals surface area contributed by atoms with Crippen molar-refractivity contribution in [2.45, 2.75) is 32.4 Å². The van der Waals surface area contributed by atoms with E-state index in [9.17, 15) is 9.59 Å². The van der Waals surface area contributed by atoms with Crippen LogP contribution in [0.3, 0.4) is 0 Å². The van der Waals surface area contributed by atoms with Crippen molar-refractivity contribution in [1.29, 1.82) is 0 Å². The topological polar surface area (TPSA) is 84.2 Å². The van der Waals surface area contributed by atoms with Gasteiger partial charge >= 0.3 is 0 Å². The number of rotatable bonds is 5. The van der Waals surface area contributed by atoms with Crippen LogP contribution in [0.2, 0.25) is 0 Å². The summed E-state index contributed by atoms with van der Waals surface area (Å²) in [5, 5.41) is 5.42. The molecule has 5 heteroatoms. The van der Waals surface area contributed by atoms with Crippen molar-refractivity contribution >= 4 is 11.8 Å². The van der Waals surface area contributed by atoms with Crippen LogP contribution < -0.4 is 16.4 Å². The van der Waals surface area contributed by atoms with Gasteiger partial charge in [0.25, 0.3) is 0 Å². The van der Waals surface area contributed by atoms with Crippen molar-refractivity contribution < 1.29 is 9.59 Å². The first-order chi connectivity index (χ1) is 5.97. The standard InChI is InChI=1S/C8H17N3O2/c1-5(2)11-6(4-7(9)12)8(13)10-3/h5-6,11H,4H2,1-3H3,(H2,9,12)(H,10,13). The number of nitrogens with one attached hydrogen (secondary N) is 2. The number of amides is 2. The van der Waals surface area contributed by atoms with Crippen LogP contribution in [-0.4, -0.2) is 30.9 Å². The summed E-state index contributed by atoms with van der Waals surface area (Å²) in [5.41, 5.74) is 5.00. The van der Waals surface area contributed by atoms with E-state index >= 15 is 0 Å². The van der Waals surface area contributed by atoms with E-state index in [4.69, 9.17) is 5.73 Å². The Morgan fingerprint density at radius 2 is 1.92 bits per heavy atom. The van der Waals surface area contributed by atoms with Crippen LogP contribution >= 0.6 is 0 Å². The van der Waals surface area contributed by atoms with Gasteiger partial charge in [-0.3, -0.25) is 9.59 Å². The molecule has 0 aliphatic rings. The summed E-state index contributed by atoms with van der Waals surface area (Å²) in [6.45, 7) is 3.80. The highest BCUT2D eigenvalue weighted by molar-refractivity contribution is 5.87. The van der Waals surface area contributed by atoms with Gasteiger partial charge in [-0.25, -0.2) is 0 Å². The first-order valence-corrected chi connectivity index (χ1v) is 4.23. The molecule has 13 heavy (non-hydrogen) atoms. The second-order valence-electron chi connectivity index (χ2n) is 3.16. The van der Waals surface area contributed by atoms with Gasteiger partial charge in [0.1, 0.15) is 0 Å². The molecule has 1 unspecified atom stereocenters. The number of carbonyl (C=O) groups is 2. The molecule has 0 spiro atoms. The van der Waals surface area contributed by atoms with Crippen molar-refractivity contribution in [1.82, 2.24) is 10.6 Å². The summed E-state index contributed by atoms with van der Waals surface area (Å²) in [6, 6.07) is -0.385. The number of likely N-dealkylation sites (N-methyl/N-ethyl adjacent to an activating group) is 1. The number of hydrogen-bond acceptors (Lipinski definition) is 3. The monoisotopic (exact) mass is 187 g/mol. The molecule has 5 nitrogen and oxygen atoms in total. The van der Waals surface area contributed by atoms with Gasteiger partial charge in [0.15, 0.2) is 0 Å². The summed E-state index contributed by atoms with van der Waals surface area (Å²) in [4.78, 5) is 21.8. The van der Waals surface area contributed by atoms with E-state index in [2.05, 4.69) is 10.6 Å². The molecule has 0 rings (SSSR count). The van der Waals surface area contributed by atoms with E-state index < -0.39 is 11.9 Å². The Hall–Kier alpha value is -1.10. The Bertz CT molecular complexity index is 192. The minimum atomic E-state index is -0.525. The van der Waals surface area contributed by atoms with E-state index in [1.165, 1.54) is 7.05 Å². The molecule has 0 radical (unpaired) electrons. The lowest BCUT2D eigenvalue weighted by molar-refractivity contribution is -0.127. The van der Waals surface area contributed by atoms with E-state index in [-0.39, 0.29) is 18.4 Å². The van der Waals surface area contributed by atoms with Crippen LogP contribution in [0.5, 0.6) is 0 Å². The van der Waals surface area contributed by atoms with E-state index in [0.29, 0.717) is 0 Å². The highest BCUT2D eigenvalue weighted by atomic mass is 16.2. The maximum Gasteiger partial charge on any atom is 0.237 e. The Balaban J connectivity index is 4.18. The smallest absolute Gasteiger partial charge is 0.237 e. The third-order valence-corrected chi connectivity index (χ3v) is 1.50. The van der Waals surface area contributed by atoms with Gasteiger partial charge in [-0.2, -0.15) is 0 Å². The molecule has 76 valence electrons. The van der Waals surface area contributed by atoms with Gasteiger partial charge < -0.3 is 16.4 Å². The fraction of sp³-hybridized carbons (Fsp3) is 0.750. The summed E-state index contributed by atoms with van der Waals surface area (Å²) in [5.74, 6) is -0.700. The van der Waals surface area contributed by atoms with E-state index in [1.54, 1.807) is 0 Å². The minimum Gasteiger partial charge on any atom is -0.370 e. The maximum absolute atomic E-state index is 11.2. The quantitative estimate of drug-likeness (QED) is 0.515. The van der Waals surface area contributed by atoms with E-state index in [1.807, 2.05) is 13.8 Å². The van der Waals surface area contributed by atoms with Crippen molar-refractivity contribution in [2.75, 3.05) is 7.05 Å². The molecule has 4 N–H and O–H groups in total. The zero-order valence-electron chi connectivity index (χ0n) is 8.26. The van der Waals surface area contributed by atoms with Crippen molar-refractivity contribution in [3.8, 4) is 0 Å². The molecule has 0 heterocycles. The molecule has 0 aromatic heterocycles. The fourth-order valence-electron chi connectivity index (χ4n) is 1.01. The second kappa shape index (κ2) is 5.53. The van der Waals surface area contributed by atoms with E-state index in [0.717, 1.165) is 0 Å². The molecule has 1 atom stereocenters. The van der Waals surface area contributed by atoms with Crippen LogP contribution in [-0.2, 0) is 9.59 Å². The molecular weight excluding hydrogens is 170 g/mol. The number of nitrogens with two attached hydrogens (primary N) is 1. The van der Waals surface area contributed by atoms with Crippen molar-refractivity contribution in [3.05, 3.63) is 0 Å². The summed E-state index contributed by atoms with van der Waals surface area (Å²) >= 11 is 0. The first-order valence-electron chi connectivity index (χ1n) is 4.23. The zero-order valence-corrected chi connectivity index (χ0v) is 8.26. The summed E-state index contributed by atoms with van der Waals surface area (Å²) < 4.78 is 0. The third-order valence-electron chi connectivity index (χ3n) is 1.50. The number of primary amides is 1. The molecule has 0 aromatic rings. The molecule has 0 saturated carbocycles. The largest absolute Gasteiger partial charge is 0.370 e. The SMILES string of the molecule is CNC(=O)C(CC(N)=O)NC(C)C. The fourth-order valence-corrected chi connectivity index (χ4v) is 1.01. The molecular formula is C8H17N3O2. The lowest BCUT2D eigenvalue weighted by Gasteiger charge is -2.18. The first kappa shape index (κ1) is 11.9. The Kier molecular flexibility index (Phi) is 5.06. The van der Waals surface area contributed by atoms with Crippen molar-refractivity contribution in [2.24, 2.45) is 5.73 Å². The van der Waals surface area contributed by atoms with Crippen LogP contribution in [0.15, 0.2) is 0 Å². The van der Waals surface area contributed by atoms with Gasteiger partial charge in [0.05, 0.1) is 12.5 Å². The zero-order chi connectivity index (χ0) is 10.4. The van der Waals surface area contributed by atoms with Gasteiger partial charge in [-0.05, 0) is 0 Å². The number of carbonyl (C=O) groups excluding carboxylic acids is 2. The van der Waals surface area contributed by atoms with Gasteiger partial charge in [0.2, 0.25) is 11.8 Å². The number of hydrogen-bond donors (Lipinski definition) is 3. The highest BCUT2D eigenvalue weighted by Gasteiger charge is 2.19. The van der Waals surface area contributed by atoms with Crippen LogP contribution in [0.1, 0.15) is 20.3 Å². The summed E-state index contributed by atoms with van der Waals surface area (Å²) in [7, 11) is 1.53. The van der Waals surface area contributed by atoms with Crippen LogP contribution in [0.4, 0.5) is 0 Å². The predicted octanol–water partition coefficient (Wildman–Crippen LogP) is -1.03. The average Bonchev–Trinajstić information content (AvgIpc) is 2.00. The molecule has 0 saturated heterocycles. The molecule has 0 fully saturated rings. The lowest BCUT2D eigenvalue weighted by Crippen LogP contribution is -2.47.